The Balaban J connectivity index is 1.37. The van der Waals surface area contributed by atoms with Crippen molar-refractivity contribution in [2.45, 2.75) is 44.9 Å². The third-order valence-electron chi connectivity index (χ3n) is 7.41. The van der Waals surface area contributed by atoms with Crippen LogP contribution in [0.15, 0.2) is 36.7 Å². The molecule has 2 aliphatic heterocycles. The van der Waals surface area contributed by atoms with Gasteiger partial charge in [-0.25, -0.2) is 14.4 Å². The van der Waals surface area contributed by atoms with E-state index in [4.69, 9.17) is 9.72 Å². The fourth-order valence-corrected chi connectivity index (χ4v) is 5.72. The molecular weight excluding hydrogens is 491 g/mol. The predicted octanol–water partition coefficient (Wildman–Crippen LogP) is 4.71. The van der Waals surface area contributed by atoms with E-state index < -0.39 is 6.17 Å². The van der Waals surface area contributed by atoms with E-state index in [1.54, 1.807) is 19.4 Å². The molecule has 3 aromatic rings. The van der Waals surface area contributed by atoms with Crippen molar-refractivity contribution in [2.75, 3.05) is 54.2 Å². The van der Waals surface area contributed by atoms with Gasteiger partial charge in [0, 0.05) is 60.8 Å². The van der Waals surface area contributed by atoms with Gasteiger partial charge in [-0.1, -0.05) is 19.9 Å². The smallest absolute Gasteiger partial charge is 0.378 e. The molecule has 0 saturated carbocycles. The Kier molecular flexibility index (Phi) is 7.76. The molecule has 196 valence electrons. The second-order valence-corrected chi connectivity index (χ2v) is 10.9. The number of methoxy groups -OCH3 is 1. The van der Waals surface area contributed by atoms with Crippen LogP contribution in [-0.4, -0.2) is 66.3 Å². The van der Waals surface area contributed by atoms with Crippen molar-refractivity contribution in [1.82, 2.24) is 15.0 Å². The van der Waals surface area contributed by atoms with Gasteiger partial charge in [0.2, 0.25) is 11.7 Å². The topological polar surface area (TPSA) is 83.5 Å². The van der Waals surface area contributed by atoms with E-state index >= 15 is 0 Å². The molecule has 0 aliphatic carbocycles. The van der Waals surface area contributed by atoms with Crippen molar-refractivity contribution >= 4 is 45.7 Å². The fraction of sp³-hybridized carbons (Fsp3) is 0.519. The third-order valence-corrected chi connectivity index (χ3v) is 7.81. The molecule has 2 fully saturated rings. The van der Waals surface area contributed by atoms with E-state index in [0.717, 1.165) is 24.9 Å². The molecule has 0 spiro atoms. The largest absolute Gasteiger partial charge is 0.458 e. The van der Waals surface area contributed by atoms with Gasteiger partial charge in [-0.3, -0.25) is 0 Å². The Morgan fingerprint density at radius 2 is 1.97 bits per heavy atom. The molecule has 0 amide bonds. The normalized spacial score (nSPS) is 20.4. The number of pyridine rings is 1. The zero-order chi connectivity index (χ0) is 25.9. The van der Waals surface area contributed by atoms with Gasteiger partial charge >= 0.3 is 11.7 Å². The van der Waals surface area contributed by atoms with Gasteiger partial charge in [0.15, 0.2) is 0 Å². The Morgan fingerprint density at radius 3 is 2.70 bits per heavy atom. The van der Waals surface area contributed by atoms with Crippen LogP contribution in [0.3, 0.4) is 0 Å². The van der Waals surface area contributed by atoms with Gasteiger partial charge in [-0.05, 0) is 47.4 Å². The van der Waals surface area contributed by atoms with Crippen LogP contribution >= 0.6 is 0 Å². The number of hydrogen-bond donors (Lipinski definition) is 1. The Labute approximate surface area is 221 Å². The number of rotatable bonds is 9. The van der Waals surface area contributed by atoms with Gasteiger partial charge in [-0.2, -0.15) is 4.98 Å². The first-order chi connectivity index (χ1) is 18.0. The lowest BCUT2D eigenvalue weighted by atomic mass is 9.92. The van der Waals surface area contributed by atoms with Crippen molar-refractivity contribution in [1.29, 1.82) is 0 Å². The highest BCUT2D eigenvalue weighted by molar-refractivity contribution is 7.65. The summed E-state index contributed by atoms with van der Waals surface area (Å²) >= 11 is 0.677. The van der Waals surface area contributed by atoms with Gasteiger partial charge in [0.1, 0.15) is 17.8 Å². The molecular formula is C27H34FN6O2S+. The summed E-state index contributed by atoms with van der Waals surface area (Å²) in [6, 6.07) is 8.30. The lowest BCUT2D eigenvalue weighted by molar-refractivity contribution is 0.0194. The zero-order valence-electron chi connectivity index (χ0n) is 21.6. The molecule has 0 unspecified atom stereocenters. The van der Waals surface area contributed by atoms with Crippen molar-refractivity contribution in [2.24, 2.45) is 5.92 Å². The summed E-state index contributed by atoms with van der Waals surface area (Å²) < 4.78 is 30.4. The Bertz CT molecular complexity index is 1250. The van der Waals surface area contributed by atoms with Crippen molar-refractivity contribution < 1.29 is 13.3 Å². The number of benzene rings is 1. The van der Waals surface area contributed by atoms with Crippen LogP contribution in [0.4, 0.5) is 27.7 Å². The first kappa shape index (κ1) is 25.7. The van der Waals surface area contributed by atoms with Crippen LogP contribution in [0.5, 0.6) is 0 Å². The summed E-state index contributed by atoms with van der Waals surface area (Å²) in [6.45, 7) is 7.20. The van der Waals surface area contributed by atoms with E-state index in [2.05, 4.69) is 52.2 Å². The maximum absolute atomic E-state index is 14.4. The van der Waals surface area contributed by atoms with Gasteiger partial charge in [-0.15, -0.1) is 0 Å². The molecule has 2 aliphatic rings. The average molecular weight is 526 g/mol. The zero-order valence-corrected chi connectivity index (χ0v) is 22.4. The van der Waals surface area contributed by atoms with Gasteiger partial charge < -0.3 is 19.9 Å². The first-order valence-corrected chi connectivity index (χ1v) is 13.8. The summed E-state index contributed by atoms with van der Waals surface area (Å²) in [4.78, 5) is 18.0. The number of aromatic nitrogens is 3. The summed E-state index contributed by atoms with van der Waals surface area (Å²) in [6.07, 6.45) is 3.74. The van der Waals surface area contributed by atoms with Crippen molar-refractivity contribution in [3.63, 3.8) is 0 Å². The first-order valence-electron chi connectivity index (χ1n) is 12.9. The van der Waals surface area contributed by atoms with Crippen molar-refractivity contribution in [3.8, 4) is 0 Å². The Morgan fingerprint density at radius 1 is 1.14 bits per heavy atom. The standard InChI is InChI=1S/C27H34FN6O2S/c1-17(2)19-4-5-23(34-14-18(15-34)8-11-37-35)21-13-30-26(12-20(19)21)31-25-6-9-29-27(32-25)33-10-7-24(36-3)22(28)16-33/h4-6,9,12-13,17-18,22,24H,7-8,10-11,14-16H2,1-3H3,(H,29,30,31,32)/q+1/t22-,24+/m0/s1. The lowest BCUT2D eigenvalue weighted by Gasteiger charge is -2.41. The highest BCUT2D eigenvalue weighted by Gasteiger charge is 2.31. The van der Waals surface area contributed by atoms with E-state index in [-0.39, 0.29) is 12.6 Å². The maximum atomic E-state index is 14.4. The molecule has 10 heteroatoms. The van der Waals surface area contributed by atoms with Crippen LogP contribution in [-0.2, 0) is 20.6 Å². The summed E-state index contributed by atoms with van der Waals surface area (Å²) in [5.41, 5.74) is 2.46. The minimum Gasteiger partial charge on any atom is -0.378 e. The number of fused-ring (bicyclic) bond motifs is 1. The number of nitrogens with one attached hydrogen (secondary N) is 1. The van der Waals surface area contributed by atoms with Gasteiger partial charge in [0.25, 0.3) is 0 Å². The molecule has 1 N–H and O–H groups in total. The average Bonchev–Trinajstić information content (AvgIpc) is 2.87. The molecule has 8 nitrogen and oxygen atoms in total. The number of hydrogen-bond acceptors (Lipinski definition) is 8. The van der Waals surface area contributed by atoms with E-state index in [9.17, 15) is 8.60 Å². The third kappa shape index (κ3) is 5.50. The van der Waals surface area contributed by atoms with Crippen LogP contribution in [0.25, 0.3) is 10.8 Å². The van der Waals surface area contributed by atoms with Crippen LogP contribution < -0.4 is 15.1 Å². The number of alkyl halides is 1. The van der Waals surface area contributed by atoms with Crippen LogP contribution in [0, 0.1) is 5.92 Å². The number of piperidine rings is 1. The molecule has 2 aromatic heterocycles. The molecule has 0 radical (unpaired) electrons. The van der Waals surface area contributed by atoms with E-state index in [0.29, 0.717) is 59.8 Å². The van der Waals surface area contributed by atoms with Crippen LogP contribution in [0.2, 0.25) is 0 Å². The quantitative estimate of drug-likeness (QED) is 0.402. The second-order valence-electron chi connectivity index (χ2n) is 10.2. The summed E-state index contributed by atoms with van der Waals surface area (Å²) in [5.74, 6) is 3.43. The second kappa shape index (κ2) is 11.2. The predicted molar refractivity (Wildman–Crippen MR) is 147 cm³/mol. The number of anilines is 4. The minimum atomic E-state index is -1.07. The van der Waals surface area contributed by atoms with Gasteiger partial charge in [0.05, 0.1) is 12.6 Å². The van der Waals surface area contributed by atoms with E-state index in [1.165, 1.54) is 16.6 Å². The van der Waals surface area contributed by atoms with Crippen molar-refractivity contribution in [3.05, 3.63) is 42.2 Å². The Hall–Kier alpha value is -2.98. The molecule has 0 bridgehead atoms. The highest BCUT2D eigenvalue weighted by atomic mass is 32.1. The monoisotopic (exact) mass is 525 g/mol. The molecule has 2 atom stereocenters. The summed E-state index contributed by atoms with van der Waals surface area (Å²) in [5, 5.41) is 5.62. The molecule has 37 heavy (non-hydrogen) atoms. The number of halogens is 1. The lowest BCUT2D eigenvalue weighted by Crippen LogP contribution is -2.47. The molecule has 4 heterocycles. The fourth-order valence-electron chi connectivity index (χ4n) is 5.29. The molecule has 2 saturated heterocycles. The maximum Gasteiger partial charge on any atom is 0.458 e. The number of nitrogens with zero attached hydrogens (tertiary/aromatic N) is 5. The molecule has 1 aromatic carbocycles. The SMILES string of the molecule is CO[C@@H]1CCN(c2nccc(Nc3cc4c(C(C)C)ccc(N5CC(CC[S+]=O)C5)c4cn3)n2)C[C@@H]1F. The number of ether oxygens (including phenoxy) is 1. The molecule has 5 rings (SSSR count). The van der Waals surface area contributed by atoms with Crippen LogP contribution in [0.1, 0.15) is 38.2 Å². The minimum absolute atomic E-state index is 0.212. The highest BCUT2D eigenvalue weighted by Crippen LogP contribution is 2.37. The summed E-state index contributed by atoms with van der Waals surface area (Å²) in [7, 11) is 1.55. The van der Waals surface area contributed by atoms with E-state index in [1.807, 2.05) is 11.1 Å².